The van der Waals surface area contributed by atoms with E-state index in [-0.39, 0.29) is 0 Å². The molecule has 0 fully saturated rings. The van der Waals surface area contributed by atoms with Crippen molar-refractivity contribution in [1.29, 1.82) is 0 Å². The van der Waals surface area contributed by atoms with Gasteiger partial charge in [-0.25, -0.2) is 19.9 Å². The number of aromatic nitrogens is 5. The maximum Gasteiger partial charge on any atom is 0.212 e. The highest BCUT2D eigenvalue weighted by Gasteiger charge is 2.11. The van der Waals surface area contributed by atoms with Gasteiger partial charge in [-0.3, -0.25) is 0 Å². The van der Waals surface area contributed by atoms with Crippen LogP contribution in [0.2, 0.25) is 0 Å². The lowest BCUT2D eigenvalue weighted by molar-refractivity contribution is 0.398. The summed E-state index contributed by atoms with van der Waals surface area (Å²) < 4.78 is 5.17. The molecule has 2 N–H and O–H groups in total. The Balaban J connectivity index is 1.49. The maximum absolute atomic E-state index is 5.17. The van der Waals surface area contributed by atoms with Crippen LogP contribution in [-0.4, -0.2) is 32.0 Å². The van der Waals surface area contributed by atoms with Gasteiger partial charge in [-0.2, -0.15) is 0 Å². The van der Waals surface area contributed by atoms with Gasteiger partial charge in [0.1, 0.15) is 18.0 Å². The van der Waals surface area contributed by atoms with E-state index >= 15 is 0 Å². The van der Waals surface area contributed by atoms with Gasteiger partial charge in [0.2, 0.25) is 5.88 Å². The summed E-state index contributed by atoms with van der Waals surface area (Å²) in [6, 6.07) is 14.3. The maximum atomic E-state index is 5.17. The van der Waals surface area contributed by atoms with Gasteiger partial charge < -0.3 is 15.0 Å². The number of ether oxygens (including phenoxy) is 1. The zero-order valence-electron chi connectivity index (χ0n) is 17.6. The van der Waals surface area contributed by atoms with E-state index in [0.717, 1.165) is 50.3 Å². The molecular weight excluding hydrogens is 388 g/mol. The largest absolute Gasteiger partial charge is 0.481 e. The molecule has 3 aromatic heterocycles. The fourth-order valence-electron chi connectivity index (χ4n) is 3.75. The minimum Gasteiger partial charge on any atom is -0.481 e. The summed E-state index contributed by atoms with van der Waals surface area (Å²) in [6.07, 6.45) is 3.40. The molecule has 0 saturated heterocycles. The number of imidazole rings is 1. The molecule has 7 heteroatoms. The highest BCUT2D eigenvalue weighted by atomic mass is 16.5. The Labute approximate surface area is 179 Å². The molecule has 0 atom stereocenters. The van der Waals surface area contributed by atoms with E-state index in [1.54, 1.807) is 13.4 Å². The van der Waals surface area contributed by atoms with Crippen LogP contribution < -0.4 is 10.1 Å². The minimum atomic E-state index is 0.535. The van der Waals surface area contributed by atoms with Gasteiger partial charge in [-0.1, -0.05) is 6.07 Å². The van der Waals surface area contributed by atoms with Crippen LogP contribution in [0.4, 0.5) is 5.82 Å². The van der Waals surface area contributed by atoms with Crippen molar-refractivity contribution in [3.63, 3.8) is 0 Å². The molecule has 0 aliphatic rings. The summed E-state index contributed by atoms with van der Waals surface area (Å²) in [5.41, 5.74) is 7.25. The average molecular weight is 410 g/mol. The lowest BCUT2D eigenvalue weighted by Gasteiger charge is -2.11. The zero-order valence-corrected chi connectivity index (χ0v) is 17.6. The number of aryl methyl sites for hydroxylation is 2. The summed E-state index contributed by atoms with van der Waals surface area (Å²) in [5.74, 6) is 2.22. The molecule has 5 rings (SSSR count). The van der Waals surface area contributed by atoms with Gasteiger partial charge in [-0.05, 0) is 60.9 Å². The van der Waals surface area contributed by atoms with Crippen LogP contribution >= 0.6 is 0 Å². The lowest BCUT2D eigenvalue weighted by atomic mass is 10.0. The second kappa shape index (κ2) is 7.68. The van der Waals surface area contributed by atoms with E-state index in [9.17, 15) is 0 Å². The molecule has 3 heterocycles. The number of nitrogens with one attached hydrogen (secondary N) is 2. The van der Waals surface area contributed by atoms with E-state index in [0.29, 0.717) is 12.4 Å². The van der Waals surface area contributed by atoms with Crippen molar-refractivity contribution in [3.8, 4) is 17.0 Å². The standard InChI is InChI=1S/C24H22N6O/c1-14-4-6-19-20(8-14)30-21(29-19)12-26-24-18-10-17(9-15(2)23(18)27-13-28-24)16-5-7-22(31-3)25-11-16/h4-11,13H,12H2,1-3H3,(H,29,30)(H,26,27,28). The van der Waals surface area contributed by atoms with Gasteiger partial charge >= 0.3 is 0 Å². The third kappa shape index (κ3) is 3.66. The van der Waals surface area contributed by atoms with Gasteiger partial charge in [-0.15, -0.1) is 0 Å². The minimum absolute atomic E-state index is 0.535. The third-order valence-corrected chi connectivity index (χ3v) is 5.32. The van der Waals surface area contributed by atoms with Crippen LogP contribution in [0.5, 0.6) is 5.88 Å². The number of fused-ring (bicyclic) bond motifs is 2. The van der Waals surface area contributed by atoms with Gasteiger partial charge in [0, 0.05) is 23.2 Å². The number of pyridine rings is 1. The molecule has 0 amide bonds. The van der Waals surface area contributed by atoms with E-state index in [1.807, 2.05) is 24.4 Å². The van der Waals surface area contributed by atoms with E-state index in [4.69, 9.17) is 4.74 Å². The second-order valence-corrected chi connectivity index (χ2v) is 7.56. The fraction of sp³-hybridized carbons (Fsp3) is 0.167. The molecule has 0 aliphatic carbocycles. The molecule has 0 spiro atoms. The van der Waals surface area contributed by atoms with Gasteiger partial charge in [0.05, 0.1) is 30.2 Å². The van der Waals surface area contributed by atoms with Crippen molar-refractivity contribution in [2.75, 3.05) is 12.4 Å². The van der Waals surface area contributed by atoms with Gasteiger partial charge in [0.25, 0.3) is 0 Å². The van der Waals surface area contributed by atoms with Crippen molar-refractivity contribution in [2.45, 2.75) is 20.4 Å². The summed E-state index contributed by atoms with van der Waals surface area (Å²) in [7, 11) is 1.61. The second-order valence-electron chi connectivity index (χ2n) is 7.56. The molecule has 154 valence electrons. The van der Waals surface area contributed by atoms with Crippen LogP contribution in [0.25, 0.3) is 33.1 Å². The SMILES string of the molecule is COc1ccc(-c2cc(C)c3ncnc(NCc4nc5ccc(C)cc5[nH]4)c3c2)cn1. The number of hydrogen-bond acceptors (Lipinski definition) is 6. The number of anilines is 1. The molecule has 0 saturated carbocycles. The van der Waals surface area contributed by atoms with Crippen molar-refractivity contribution in [3.05, 3.63) is 71.9 Å². The summed E-state index contributed by atoms with van der Waals surface area (Å²) >= 11 is 0. The first kappa shape index (κ1) is 19.0. The smallest absolute Gasteiger partial charge is 0.212 e. The van der Waals surface area contributed by atoms with Crippen LogP contribution in [-0.2, 0) is 6.54 Å². The summed E-state index contributed by atoms with van der Waals surface area (Å²) in [5, 5.41) is 4.38. The molecule has 2 aromatic carbocycles. The van der Waals surface area contributed by atoms with Crippen LogP contribution in [0.15, 0.2) is 55.0 Å². The predicted molar refractivity (Wildman–Crippen MR) is 122 cm³/mol. The lowest BCUT2D eigenvalue weighted by Crippen LogP contribution is -2.04. The Hall–Kier alpha value is -4.00. The molecule has 0 radical (unpaired) electrons. The van der Waals surface area contributed by atoms with E-state index in [2.05, 4.69) is 68.3 Å². The van der Waals surface area contributed by atoms with E-state index in [1.165, 1.54) is 5.56 Å². The molecule has 0 bridgehead atoms. The number of aromatic amines is 1. The van der Waals surface area contributed by atoms with Gasteiger partial charge in [0.15, 0.2) is 0 Å². The third-order valence-electron chi connectivity index (χ3n) is 5.32. The highest BCUT2D eigenvalue weighted by molar-refractivity contribution is 5.94. The van der Waals surface area contributed by atoms with Crippen molar-refractivity contribution >= 4 is 27.8 Å². The number of methoxy groups -OCH3 is 1. The molecule has 0 aliphatic heterocycles. The Kier molecular flexibility index (Phi) is 4.71. The summed E-state index contributed by atoms with van der Waals surface area (Å²) in [4.78, 5) is 21.4. The number of hydrogen-bond donors (Lipinski definition) is 2. The quantitative estimate of drug-likeness (QED) is 0.432. The number of nitrogens with zero attached hydrogens (tertiary/aromatic N) is 4. The van der Waals surface area contributed by atoms with Crippen molar-refractivity contribution in [1.82, 2.24) is 24.9 Å². The van der Waals surface area contributed by atoms with Crippen molar-refractivity contribution < 1.29 is 4.74 Å². The first-order chi connectivity index (χ1) is 15.1. The molecule has 7 nitrogen and oxygen atoms in total. The number of rotatable bonds is 5. The Morgan fingerprint density at radius 2 is 1.87 bits per heavy atom. The predicted octanol–water partition coefficient (Wildman–Crippen LogP) is 4.81. The fourth-order valence-corrected chi connectivity index (χ4v) is 3.75. The highest BCUT2D eigenvalue weighted by Crippen LogP contribution is 2.30. The topological polar surface area (TPSA) is 88.6 Å². The monoisotopic (exact) mass is 410 g/mol. The normalized spacial score (nSPS) is 11.2. The molecule has 5 aromatic rings. The molecule has 31 heavy (non-hydrogen) atoms. The Morgan fingerprint density at radius 3 is 2.68 bits per heavy atom. The molecular formula is C24H22N6O. The average Bonchev–Trinajstić information content (AvgIpc) is 3.19. The number of benzene rings is 2. The van der Waals surface area contributed by atoms with Crippen LogP contribution in [0.1, 0.15) is 17.0 Å². The Morgan fingerprint density at radius 1 is 0.968 bits per heavy atom. The summed E-state index contributed by atoms with van der Waals surface area (Å²) in [6.45, 7) is 4.66. The first-order valence-corrected chi connectivity index (χ1v) is 10.1. The van der Waals surface area contributed by atoms with E-state index < -0.39 is 0 Å². The van der Waals surface area contributed by atoms with Crippen molar-refractivity contribution in [2.24, 2.45) is 0 Å². The molecule has 0 unspecified atom stereocenters. The van der Waals surface area contributed by atoms with Crippen LogP contribution in [0.3, 0.4) is 0 Å². The first-order valence-electron chi connectivity index (χ1n) is 10.1. The van der Waals surface area contributed by atoms with Crippen LogP contribution in [0, 0.1) is 13.8 Å². The number of H-pyrrole nitrogens is 1. The zero-order chi connectivity index (χ0) is 21.4. The Bertz CT molecular complexity index is 1390.